The molecule has 3 aliphatic heterocycles. The summed E-state index contributed by atoms with van der Waals surface area (Å²) in [4.78, 5) is 14.6. The molecule has 24 heavy (non-hydrogen) atoms. The lowest BCUT2D eigenvalue weighted by molar-refractivity contribution is -0.140. The minimum atomic E-state index is -3.66. The fraction of sp³-hybridized carbons (Fsp3) is 0.562. The van der Waals surface area contributed by atoms with Gasteiger partial charge in [-0.2, -0.15) is 4.31 Å². The molecule has 1 amide bonds. The maximum Gasteiger partial charge on any atom is 0.243 e. The summed E-state index contributed by atoms with van der Waals surface area (Å²) in [6, 6.07) is 6.16. The van der Waals surface area contributed by atoms with Crippen LogP contribution in [-0.2, 0) is 19.6 Å². The lowest BCUT2D eigenvalue weighted by Gasteiger charge is -2.35. The van der Waals surface area contributed by atoms with Gasteiger partial charge in [0.25, 0.3) is 0 Å². The van der Waals surface area contributed by atoms with Gasteiger partial charge in [-0.3, -0.25) is 4.79 Å². The number of piperidine rings is 1. The van der Waals surface area contributed by atoms with Crippen molar-refractivity contribution in [2.24, 2.45) is 5.92 Å². The summed E-state index contributed by atoms with van der Waals surface area (Å²) in [5.74, 6) is -0.248. The van der Waals surface area contributed by atoms with E-state index in [2.05, 4.69) is 0 Å². The van der Waals surface area contributed by atoms with Crippen molar-refractivity contribution in [3.63, 3.8) is 0 Å². The van der Waals surface area contributed by atoms with Gasteiger partial charge in [-0.1, -0.05) is 17.7 Å². The number of amides is 1. The second-order valence-corrected chi connectivity index (χ2v) is 8.61. The Balaban J connectivity index is 1.87. The van der Waals surface area contributed by atoms with Crippen LogP contribution in [0, 0.1) is 5.92 Å². The molecule has 8 heteroatoms. The number of hydrogen-bond donors (Lipinski definition) is 0. The Bertz CT molecular complexity index is 725. The Morgan fingerprint density at radius 1 is 1.29 bits per heavy atom. The van der Waals surface area contributed by atoms with Crippen LogP contribution in [0.5, 0.6) is 0 Å². The zero-order valence-electron chi connectivity index (χ0n) is 13.5. The van der Waals surface area contributed by atoms with Crippen LogP contribution in [0.15, 0.2) is 29.2 Å². The molecule has 6 nitrogen and oxygen atoms in total. The minimum Gasteiger partial charge on any atom is -0.383 e. The zero-order valence-corrected chi connectivity index (χ0v) is 15.1. The van der Waals surface area contributed by atoms with Crippen LogP contribution < -0.4 is 0 Å². The quantitative estimate of drug-likeness (QED) is 0.787. The Morgan fingerprint density at radius 2 is 2.08 bits per heavy atom. The fourth-order valence-corrected chi connectivity index (χ4v) is 5.28. The Kier molecular flexibility index (Phi) is 5.15. The van der Waals surface area contributed by atoms with Crippen molar-refractivity contribution >= 4 is 27.5 Å². The molecule has 0 N–H and O–H groups in total. The van der Waals surface area contributed by atoms with Gasteiger partial charge < -0.3 is 9.64 Å². The summed E-state index contributed by atoms with van der Waals surface area (Å²) in [7, 11) is -2.07. The lowest BCUT2D eigenvalue weighted by atomic mass is 9.94. The number of rotatable bonds is 5. The number of sulfonamides is 1. The lowest BCUT2D eigenvalue weighted by Crippen LogP contribution is -2.49. The maximum atomic E-state index is 13.0. The van der Waals surface area contributed by atoms with Gasteiger partial charge in [-0.15, -0.1) is 0 Å². The average Bonchev–Trinajstić information content (AvgIpc) is 2.85. The van der Waals surface area contributed by atoms with Crippen LogP contribution in [0.1, 0.15) is 12.8 Å². The van der Waals surface area contributed by atoms with Crippen molar-refractivity contribution in [2.75, 3.05) is 33.4 Å². The molecule has 3 heterocycles. The van der Waals surface area contributed by atoms with Gasteiger partial charge >= 0.3 is 0 Å². The molecule has 0 spiro atoms. The Hall–Kier alpha value is -1.15. The molecule has 2 bridgehead atoms. The molecule has 4 rings (SSSR count). The highest BCUT2D eigenvalue weighted by molar-refractivity contribution is 7.89. The van der Waals surface area contributed by atoms with E-state index in [1.807, 2.05) is 0 Å². The monoisotopic (exact) mass is 372 g/mol. The first-order valence-electron chi connectivity index (χ1n) is 7.98. The van der Waals surface area contributed by atoms with Crippen LogP contribution in [-0.4, -0.2) is 62.9 Å². The molecule has 0 radical (unpaired) electrons. The van der Waals surface area contributed by atoms with Crippen LogP contribution in [0.25, 0.3) is 0 Å². The number of methoxy groups -OCH3 is 1. The van der Waals surface area contributed by atoms with Crippen LogP contribution in [0.4, 0.5) is 0 Å². The van der Waals surface area contributed by atoms with Crippen molar-refractivity contribution < 1.29 is 17.9 Å². The second kappa shape index (κ2) is 7.00. The van der Waals surface area contributed by atoms with Gasteiger partial charge in [0.2, 0.25) is 15.9 Å². The number of fused-ring (bicyclic) bond motifs is 4. The molecule has 3 saturated heterocycles. The largest absolute Gasteiger partial charge is 0.383 e. The Labute approximate surface area is 147 Å². The van der Waals surface area contributed by atoms with Gasteiger partial charge in [-0.25, -0.2) is 8.42 Å². The van der Waals surface area contributed by atoms with E-state index in [0.29, 0.717) is 24.7 Å². The van der Waals surface area contributed by atoms with E-state index >= 15 is 0 Å². The number of carbonyl (C=O) groups is 1. The number of benzene rings is 1. The van der Waals surface area contributed by atoms with E-state index in [9.17, 15) is 13.2 Å². The summed E-state index contributed by atoms with van der Waals surface area (Å²) in [6.07, 6.45) is 1.55. The van der Waals surface area contributed by atoms with E-state index in [-0.39, 0.29) is 29.3 Å². The molecule has 0 aliphatic carbocycles. The highest BCUT2D eigenvalue weighted by Crippen LogP contribution is 2.32. The normalized spacial score (nSPS) is 25.1. The van der Waals surface area contributed by atoms with Crippen molar-refractivity contribution in [3.05, 3.63) is 29.3 Å². The van der Waals surface area contributed by atoms with Crippen molar-refractivity contribution in [1.29, 1.82) is 0 Å². The SMILES string of the molecule is COCCN1C(=O)[C@@H]2CC[C@H]1CN(S(=O)(=O)c1cccc(Cl)c1)C2. The predicted molar refractivity (Wildman–Crippen MR) is 90.3 cm³/mol. The van der Waals surface area contributed by atoms with Gasteiger partial charge in [0, 0.05) is 37.8 Å². The third-order valence-corrected chi connectivity index (χ3v) is 6.79. The first-order chi connectivity index (χ1) is 11.4. The predicted octanol–water partition coefficient (Wildman–Crippen LogP) is 1.60. The third-order valence-electron chi connectivity index (χ3n) is 4.73. The first kappa shape index (κ1) is 17.7. The number of hydrogen-bond acceptors (Lipinski definition) is 4. The topological polar surface area (TPSA) is 66.9 Å². The molecule has 3 fully saturated rings. The second-order valence-electron chi connectivity index (χ2n) is 6.23. The number of nitrogens with zero attached hydrogens (tertiary/aromatic N) is 2. The smallest absolute Gasteiger partial charge is 0.243 e. The zero-order chi connectivity index (χ0) is 17.3. The highest BCUT2D eigenvalue weighted by Gasteiger charge is 2.43. The molecule has 132 valence electrons. The van der Waals surface area contributed by atoms with E-state index in [1.165, 1.54) is 10.4 Å². The Morgan fingerprint density at radius 3 is 2.79 bits per heavy atom. The summed E-state index contributed by atoms with van der Waals surface area (Å²) in [5, 5.41) is 0.381. The molecule has 1 aromatic carbocycles. The molecule has 0 saturated carbocycles. The van der Waals surface area contributed by atoms with Crippen LogP contribution in [0.3, 0.4) is 0 Å². The number of halogens is 1. The fourth-order valence-electron chi connectivity index (χ4n) is 3.46. The molecular formula is C16H21ClN2O4S. The average molecular weight is 373 g/mol. The summed E-state index contributed by atoms with van der Waals surface area (Å²) in [5.41, 5.74) is 0. The third kappa shape index (κ3) is 3.31. The minimum absolute atomic E-state index is 0.0343. The molecule has 0 aromatic heterocycles. The van der Waals surface area contributed by atoms with E-state index < -0.39 is 10.0 Å². The molecular weight excluding hydrogens is 352 g/mol. The van der Waals surface area contributed by atoms with Crippen molar-refractivity contribution in [3.8, 4) is 0 Å². The van der Waals surface area contributed by atoms with Gasteiger partial charge in [-0.05, 0) is 31.0 Å². The van der Waals surface area contributed by atoms with Crippen LogP contribution >= 0.6 is 11.6 Å². The number of ether oxygens (including phenoxy) is 1. The van der Waals surface area contributed by atoms with Gasteiger partial charge in [0.05, 0.1) is 17.4 Å². The van der Waals surface area contributed by atoms with E-state index in [1.54, 1.807) is 30.2 Å². The summed E-state index contributed by atoms with van der Waals surface area (Å²) < 4.78 is 32.4. The molecule has 0 unspecified atom stereocenters. The standard InChI is InChI=1S/C16H21ClN2O4S/c1-23-8-7-19-14-6-5-12(16(19)20)10-18(11-14)24(21,22)15-4-2-3-13(17)9-15/h2-4,9,12,14H,5-8,10-11H2,1H3/t12-,14+/m1/s1. The summed E-state index contributed by atoms with van der Waals surface area (Å²) >= 11 is 5.94. The van der Waals surface area contributed by atoms with E-state index in [4.69, 9.17) is 16.3 Å². The van der Waals surface area contributed by atoms with Crippen LogP contribution in [0.2, 0.25) is 5.02 Å². The van der Waals surface area contributed by atoms with E-state index in [0.717, 1.165) is 12.8 Å². The molecule has 1 aromatic rings. The maximum absolute atomic E-state index is 13.0. The molecule has 3 aliphatic rings. The highest BCUT2D eigenvalue weighted by atomic mass is 35.5. The van der Waals surface area contributed by atoms with Crippen molar-refractivity contribution in [1.82, 2.24) is 9.21 Å². The number of carbonyl (C=O) groups excluding carboxylic acids is 1. The van der Waals surface area contributed by atoms with Crippen molar-refractivity contribution in [2.45, 2.75) is 23.8 Å². The van der Waals surface area contributed by atoms with Gasteiger partial charge in [0.15, 0.2) is 0 Å². The first-order valence-corrected chi connectivity index (χ1v) is 9.80. The summed E-state index contributed by atoms with van der Waals surface area (Å²) in [6.45, 7) is 1.51. The van der Waals surface area contributed by atoms with Gasteiger partial charge in [0.1, 0.15) is 0 Å². The molecule has 2 atom stereocenters.